The largest absolute Gasteiger partial charge is 0.482 e. The number of aliphatic carboxylic acids is 1. The minimum absolute atomic E-state index is 0.0122. The van der Waals surface area contributed by atoms with Gasteiger partial charge >= 0.3 is 11.7 Å². The van der Waals surface area contributed by atoms with Crippen LogP contribution in [0.5, 0.6) is 5.75 Å². The van der Waals surface area contributed by atoms with Gasteiger partial charge in [0.1, 0.15) is 6.61 Å². The van der Waals surface area contributed by atoms with Gasteiger partial charge in [-0.25, -0.2) is 4.79 Å². The number of carboxylic acids is 1. The molecule has 0 aliphatic heterocycles. The number of carbonyl (C=O) groups excluding carboxylic acids is 1. The Bertz CT molecular complexity index is 594. The first-order chi connectivity index (χ1) is 9.31. The lowest BCUT2D eigenvalue weighted by atomic mass is 10.2. The van der Waals surface area contributed by atoms with Crippen molar-refractivity contribution in [2.24, 2.45) is 5.73 Å². The molecule has 0 saturated carbocycles. The van der Waals surface area contributed by atoms with E-state index in [9.17, 15) is 19.7 Å². The number of carbonyl (C=O) groups is 2. The first-order valence-corrected chi connectivity index (χ1v) is 5.42. The molecule has 8 nitrogen and oxygen atoms in total. The molecule has 106 valence electrons. The van der Waals surface area contributed by atoms with E-state index in [-0.39, 0.29) is 17.9 Å². The Morgan fingerprint density at radius 3 is 2.65 bits per heavy atom. The summed E-state index contributed by atoms with van der Waals surface area (Å²) in [6.45, 7) is 1.39. The molecule has 3 N–H and O–H groups in total. The van der Waals surface area contributed by atoms with Crippen LogP contribution in [-0.2, 0) is 4.79 Å². The number of nitrogens with zero attached hydrogens (tertiary/aromatic N) is 1. The molecule has 1 aromatic rings. The number of hydrogen-bond acceptors (Lipinski definition) is 5. The molecule has 0 unspecified atom stereocenters. The molecule has 0 fully saturated rings. The van der Waals surface area contributed by atoms with Crippen molar-refractivity contribution >= 4 is 17.6 Å². The van der Waals surface area contributed by atoms with Crippen LogP contribution in [0.1, 0.15) is 17.3 Å². The zero-order valence-corrected chi connectivity index (χ0v) is 10.5. The lowest BCUT2D eigenvalue weighted by Crippen LogP contribution is -2.11. The molecule has 0 atom stereocenters. The number of amides is 1. The predicted octanol–water partition coefficient (Wildman–Crippen LogP) is 1.10. The third-order valence-corrected chi connectivity index (χ3v) is 2.27. The highest BCUT2D eigenvalue weighted by Gasteiger charge is 2.17. The van der Waals surface area contributed by atoms with E-state index in [0.29, 0.717) is 5.57 Å². The standard InChI is InChI=1S/C12H12N2O6/c1-7(4-11(15)16)6-20-10-3-2-8(12(13)17)5-9(10)14(18)19/h2-5H,6H2,1H3,(H2,13,17)(H,15,16). The number of nitro benzene ring substituents is 1. The van der Waals surface area contributed by atoms with Gasteiger partial charge in [-0.3, -0.25) is 14.9 Å². The van der Waals surface area contributed by atoms with Crippen LogP contribution in [0.2, 0.25) is 0 Å². The number of nitro groups is 1. The normalized spacial score (nSPS) is 10.9. The Kier molecular flexibility index (Phi) is 4.79. The molecule has 0 aliphatic rings. The van der Waals surface area contributed by atoms with Gasteiger partial charge in [-0.15, -0.1) is 0 Å². The maximum absolute atomic E-state index is 11.0. The summed E-state index contributed by atoms with van der Waals surface area (Å²) in [5, 5.41) is 19.4. The quantitative estimate of drug-likeness (QED) is 0.455. The van der Waals surface area contributed by atoms with E-state index in [0.717, 1.165) is 12.1 Å². The van der Waals surface area contributed by atoms with E-state index in [1.54, 1.807) is 0 Å². The van der Waals surface area contributed by atoms with Crippen LogP contribution in [-0.4, -0.2) is 28.5 Å². The van der Waals surface area contributed by atoms with Crippen LogP contribution >= 0.6 is 0 Å². The number of primary amides is 1. The zero-order valence-electron chi connectivity index (χ0n) is 10.5. The molecule has 1 aromatic carbocycles. The minimum atomic E-state index is -1.13. The average Bonchev–Trinajstić information content (AvgIpc) is 2.35. The Hall–Kier alpha value is -2.90. The molecule has 0 heterocycles. The maximum atomic E-state index is 11.0. The second-order valence-corrected chi connectivity index (χ2v) is 3.92. The Labute approximate surface area is 113 Å². The fourth-order valence-electron chi connectivity index (χ4n) is 1.38. The van der Waals surface area contributed by atoms with Gasteiger partial charge in [0.25, 0.3) is 0 Å². The van der Waals surface area contributed by atoms with Crippen molar-refractivity contribution in [1.29, 1.82) is 0 Å². The second-order valence-electron chi connectivity index (χ2n) is 3.92. The predicted molar refractivity (Wildman–Crippen MR) is 68.5 cm³/mol. The van der Waals surface area contributed by atoms with Crippen LogP contribution in [0, 0.1) is 10.1 Å². The van der Waals surface area contributed by atoms with Crippen LogP contribution in [0.15, 0.2) is 29.8 Å². The highest BCUT2D eigenvalue weighted by Crippen LogP contribution is 2.28. The molecule has 0 aliphatic carbocycles. The molecule has 0 aromatic heterocycles. The Morgan fingerprint density at radius 1 is 1.50 bits per heavy atom. The molecule has 0 bridgehead atoms. The first kappa shape index (κ1) is 15.2. The summed E-state index contributed by atoms with van der Waals surface area (Å²) >= 11 is 0. The smallest absolute Gasteiger partial charge is 0.328 e. The van der Waals surface area contributed by atoms with Gasteiger partial charge in [0.15, 0.2) is 5.75 Å². The second kappa shape index (κ2) is 6.32. The van der Waals surface area contributed by atoms with E-state index >= 15 is 0 Å². The van der Waals surface area contributed by atoms with Crippen LogP contribution in [0.4, 0.5) is 5.69 Å². The van der Waals surface area contributed by atoms with Crippen molar-refractivity contribution < 1.29 is 24.4 Å². The third-order valence-electron chi connectivity index (χ3n) is 2.27. The lowest BCUT2D eigenvalue weighted by molar-refractivity contribution is -0.385. The van der Waals surface area contributed by atoms with Gasteiger partial charge in [-0.05, 0) is 24.6 Å². The number of carboxylic acid groups (broad SMARTS) is 1. The summed E-state index contributed by atoms with van der Waals surface area (Å²) in [4.78, 5) is 31.6. The molecule has 0 radical (unpaired) electrons. The molecule has 20 heavy (non-hydrogen) atoms. The number of nitrogens with two attached hydrogens (primary N) is 1. The van der Waals surface area contributed by atoms with Gasteiger partial charge < -0.3 is 15.6 Å². The van der Waals surface area contributed by atoms with Crippen molar-refractivity contribution in [2.75, 3.05) is 6.61 Å². The first-order valence-electron chi connectivity index (χ1n) is 5.42. The molecule has 8 heteroatoms. The maximum Gasteiger partial charge on any atom is 0.328 e. The summed E-state index contributed by atoms with van der Waals surface area (Å²) in [6.07, 6.45) is 0.934. The fourth-order valence-corrected chi connectivity index (χ4v) is 1.38. The van der Waals surface area contributed by atoms with Crippen molar-refractivity contribution in [1.82, 2.24) is 0 Å². The zero-order chi connectivity index (χ0) is 15.3. The Morgan fingerprint density at radius 2 is 2.15 bits per heavy atom. The molecule has 1 amide bonds. The topological polar surface area (TPSA) is 133 Å². The van der Waals surface area contributed by atoms with E-state index in [2.05, 4.69) is 0 Å². The van der Waals surface area contributed by atoms with E-state index in [1.165, 1.54) is 19.1 Å². The van der Waals surface area contributed by atoms with Crippen molar-refractivity contribution in [3.63, 3.8) is 0 Å². The molecule has 0 saturated heterocycles. The van der Waals surface area contributed by atoms with Crippen molar-refractivity contribution in [2.45, 2.75) is 6.92 Å². The monoisotopic (exact) mass is 280 g/mol. The molecular formula is C12H12N2O6. The summed E-state index contributed by atoms with van der Waals surface area (Å²) in [7, 11) is 0. The van der Waals surface area contributed by atoms with E-state index in [4.69, 9.17) is 15.6 Å². The van der Waals surface area contributed by atoms with Gasteiger partial charge in [0.05, 0.1) is 4.92 Å². The van der Waals surface area contributed by atoms with Gasteiger partial charge in [0.2, 0.25) is 5.91 Å². The number of rotatable bonds is 6. The van der Waals surface area contributed by atoms with E-state index in [1.807, 2.05) is 0 Å². The van der Waals surface area contributed by atoms with Crippen LogP contribution in [0.25, 0.3) is 0 Å². The summed E-state index contributed by atoms with van der Waals surface area (Å²) in [6, 6.07) is 3.54. The minimum Gasteiger partial charge on any atom is -0.482 e. The Balaban J connectivity index is 2.98. The highest BCUT2D eigenvalue weighted by molar-refractivity contribution is 5.93. The lowest BCUT2D eigenvalue weighted by Gasteiger charge is -2.07. The third kappa shape index (κ3) is 4.09. The number of ether oxygens (including phenoxy) is 1. The summed E-state index contributed by atoms with van der Waals surface area (Å²) in [5.41, 5.74) is 4.99. The highest BCUT2D eigenvalue weighted by atomic mass is 16.6. The summed E-state index contributed by atoms with van der Waals surface area (Å²) in [5.74, 6) is -2.00. The van der Waals surface area contributed by atoms with Crippen molar-refractivity contribution in [3.8, 4) is 5.75 Å². The van der Waals surface area contributed by atoms with E-state index < -0.39 is 22.5 Å². The SMILES string of the molecule is CC(=CC(=O)O)COc1ccc(C(N)=O)cc1[N+](=O)[O-]. The van der Waals surface area contributed by atoms with Gasteiger partial charge in [-0.2, -0.15) is 0 Å². The average molecular weight is 280 g/mol. The molecular weight excluding hydrogens is 268 g/mol. The van der Waals surface area contributed by atoms with Gasteiger partial charge in [0, 0.05) is 17.7 Å². The molecule has 0 spiro atoms. The van der Waals surface area contributed by atoms with Gasteiger partial charge in [-0.1, -0.05) is 0 Å². The van der Waals surface area contributed by atoms with Crippen LogP contribution < -0.4 is 10.5 Å². The molecule has 1 rings (SSSR count). The van der Waals surface area contributed by atoms with Crippen LogP contribution in [0.3, 0.4) is 0 Å². The summed E-state index contributed by atoms with van der Waals surface area (Å²) < 4.78 is 5.17. The number of benzene rings is 1. The fraction of sp³-hybridized carbons (Fsp3) is 0.167. The van der Waals surface area contributed by atoms with Crippen molar-refractivity contribution in [3.05, 3.63) is 45.5 Å². The number of hydrogen-bond donors (Lipinski definition) is 2.